The molecule has 136 valence electrons. The van der Waals surface area contributed by atoms with E-state index in [2.05, 4.69) is 15.3 Å². The monoisotopic (exact) mass is 354 g/mol. The van der Waals surface area contributed by atoms with Gasteiger partial charge in [0, 0.05) is 44.0 Å². The largest absolute Gasteiger partial charge is 0.481 e. The molecule has 2 aliphatic heterocycles. The van der Waals surface area contributed by atoms with Gasteiger partial charge >= 0.3 is 0 Å². The van der Waals surface area contributed by atoms with Crippen LogP contribution in [0.2, 0.25) is 0 Å². The van der Waals surface area contributed by atoms with Crippen LogP contribution in [0.3, 0.4) is 0 Å². The Bertz CT molecular complexity index is 681. The van der Waals surface area contributed by atoms with Crippen LogP contribution in [-0.4, -0.2) is 61.3 Å². The summed E-state index contributed by atoms with van der Waals surface area (Å²) >= 11 is 0. The first-order valence-electron chi connectivity index (χ1n) is 8.29. The predicted molar refractivity (Wildman–Crippen MR) is 83.7 cm³/mol. The van der Waals surface area contributed by atoms with Gasteiger partial charge in [-0.05, 0) is 0 Å². The molecule has 9 heteroatoms. The van der Waals surface area contributed by atoms with E-state index in [1.165, 1.54) is 13.4 Å². The van der Waals surface area contributed by atoms with E-state index in [1.807, 2.05) is 4.90 Å². The maximum absolute atomic E-state index is 13.0. The van der Waals surface area contributed by atoms with Gasteiger partial charge in [0.1, 0.15) is 12.1 Å². The number of alkyl halides is 2. The van der Waals surface area contributed by atoms with E-state index in [0.29, 0.717) is 38.0 Å². The number of aromatic nitrogens is 2. The smallest absolute Gasteiger partial charge is 0.252 e. The quantitative estimate of drug-likeness (QED) is 0.864. The molecule has 1 amide bonds. The topological polar surface area (TPSA) is 76.6 Å². The molecule has 4 rings (SSSR count). The molecule has 1 aromatic heterocycles. The van der Waals surface area contributed by atoms with Crippen molar-refractivity contribution in [3.63, 3.8) is 0 Å². The average Bonchev–Trinajstić information content (AvgIpc) is 3.11. The lowest BCUT2D eigenvalue weighted by molar-refractivity contribution is -0.138. The zero-order chi connectivity index (χ0) is 17.7. The Morgan fingerprint density at radius 2 is 2.24 bits per heavy atom. The summed E-state index contributed by atoms with van der Waals surface area (Å²) in [5.74, 6) is -1.70. The number of halogens is 2. The molecule has 1 saturated carbocycles. The van der Waals surface area contributed by atoms with Crippen molar-refractivity contribution < 1.29 is 23.0 Å². The highest BCUT2D eigenvalue weighted by atomic mass is 19.3. The molecule has 0 bridgehead atoms. The Balaban J connectivity index is 1.49. The molecule has 25 heavy (non-hydrogen) atoms. The minimum absolute atomic E-state index is 0.00838. The van der Waals surface area contributed by atoms with E-state index in [4.69, 9.17) is 9.47 Å². The number of carbonyl (C=O) groups is 1. The van der Waals surface area contributed by atoms with Gasteiger partial charge in [-0.25, -0.2) is 18.7 Å². The van der Waals surface area contributed by atoms with Crippen molar-refractivity contribution >= 4 is 11.7 Å². The molecule has 0 radical (unpaired) electrons. The summed E-state index contributed by atoms with van der Waals surface area (Å²) in [5, 5.41) is 2.79. The third-order valence-corrected chi connectivity index (χ3v) is 5.41. The number of nitrogens with one attached hydrogen (secondary N) is 1. The molecule has 1 aliphatic carbocycles. The summed E-state index contributed by atoms with van der Waals surface area (Å²) in [5.41, 5.74) is -0.719. The fourth-order valence-electron chi connectivity index (χ4n) is 3.94. The molecule has 3 heterocycles. The Hall–Kier alpha value is -2.03. The van der Waals surface area contributed by atoms with Gasteiger partial charge < -0.3 is 19.7 Å². The lowest BCUT2D eigenvalue weighted by Gasteiger charge is -2.37. The normalized spacial score (nSPS) is 30.7. The van der Waals surface area contributed by atoms with Gasteiger partial charge in [-0.2, -0.15) is 0 Å². The van der Waals surface area contributed by atoms with Crippen molar-refractivity contribution in [1.82, 2.24) is 15.3 Å². The van der Waals surface area contributed by atoms with E-state index < -0.39 is 17.4 Å². The second-order valence-corrected chi connectivity index (χ2v) is 7.10. The number of carbonyl (C=O) groups excluding carboxylic acids is 1. The second kappa shape index (κ2) is 5.76. The lowest BCUT2D eigenvalue weighted by atomic mass is 9.79. The second-order valence-electron chi connectivity index (χ2n) is 7.10. The molecule has 2 atom stereocenters. The molecular formula is C16H20F2N4O3. The summed E-state index contributed by atoms with van der Waals surface area (Å²) in [4.78, 5) is 23.1. The number of amides is 1. The number of hydrogen-bond donors (Lipinski definition) is 1. The maximum atomic E-state index is 13.0. The Morgan fingerprint density at radius 3 is 2.96 bits per heavy atom. The van der Waals surface area contributed by atoms with Gasteiger partial charge in [0.05, 0.1) is 25.7 Å². The predicted octanol–water partition coefficient (Wildman–Crippen LogP) is 0.852. The van der Waals surface area contributed by atoms with E-state index in [0.717, 1.165) is 0 Å². The first kappa shape index (κ1) is 16.4. The molecule has 2 saturated heterocycles. The number of nitrogens with zero attached hydrogens (tertiary/aromatic N) is 3. The minimum atomic E-state index is -2.65. The molecule has 0 aromatic carbocycles. The number of fused-ring (bicyclic) bond motifs is 1. The van der Waals surface area contributed by atoms with Crippen molar-refractivity contribution in [3.05, 3.63) is 12.4 Å². The van der Waals surface area contributed by atoms with E-state index in [1.54, 1.807) is 6.07 Å². The molecule has 0 unspecified atom stereocenters. The highest BCUT2D eigenvalue weighted by Gasteiger charge is 2.57. The van der Waals surface area contributed by atoms with Crippen LogP contribution < -0.4 is 15.0 Å². The fourth-order valence-corrected chi connectivity index (χ4v) is 3.94. The van der Waals surface area contributed by atoms with Crippen LogP contribution in [0.15, 0.2) is 12.4 Å². The number of anilines is 1. The van der Waals surface area contributed by atoms with Crippen LogP contribution in [0.25, 0.3) is 0 Å². The van der Waals surface area contributed by atoms with Gasteiger partial charge in [0.25, 0.3) is 5.92 Å². The van der Waals surface area contributed by atoms with Crippen molar-refractivity contribution in [2.24, 2.45) is 11.3 Å². The average molecular weight is 354 g/mol. The SMILES string of the molecule is COc1cc(N2C[C@H]3COC[C@@]3(C(=O)NC3CC(F)(F)C3)C2)ncn1. The molecule has 1 aromatic rings. The summed E-state index contributed by atoms with van der Waals surface area (Å²) < 4.78 is 36.7. The zero-order valence-electron chi connectivity index (χ0n) is 13.9. The fraction of sp³-hybridized carbons (Fsp3) is 0.688. The van der Waals surface area contributed by atoms with Crippen molar-refractivity contribution in [2.75, 3.05) is 38.3 Å². The molecule has 3 aliphatic rings. The molecule has 1 N–H and O–H groups in total. The maximum Gasteiger partial charge on any atom is 0.252 e. The van der Waals surface area contributed by atoms with Gasteiger partial charge in [-0.15, -0.1) is 0 Å². The van der Waals surface area contributed by atoms with Gasteiger partial charge in [0.15, 0.2) is 0 Å². The Labute approximate surface area is 143 Å². The van der Waals surface area contributed by atoms with E-state index in [9.17, 15) is 13.6 Å². The summed E-state index contributed by atoms with van der Waals surface area (Å²) in [6.45, 7) is 1.83. The molecular weight excluding hydrogens is 334 g/mol. The van der Waals surface area contributed by atoms with Crippen LogP contribution in [0, 0.1) is 11.3 Å². The standard InChI is InChI=1S/C16H20F2N4O3/c1-24-13-2-12(19-9-20-13)22-5-10-6-25-8-15(10,7-22)14(23)21-11-3-16(17,18)4-11/h2,9-11H,3-8H2,1H3,(H,21,23)/t10-,15-/m0/s1. The number of hydrogen-bond acceptors (Lipinski definition) is 6. The van der Waals surface area contributed by atoms with E-state index >= 15 is 0 Å². The van der Waals surface area contributed by atoms with Crippen molar-refractivity contribution in [1.29, 1.82) is 0 Å². The third kappa shape index (κ3) is 2.80. The number of methoxy groups -OCH3 is 1. The van der Waals surface area contributed by atoms with Crippen LogP contribution >= 0.6 is 0 Å². The van der Waals surface area contributed by atoms with Gasteiger partial charge in [0.2, 0.25) is 11.8 Å². The summed E-state index contributed by atoms with van der Waals surface area (Å²) in [6, 6.07) is 1.27. The van der Waals surface area contributed by atoms with Crippen LogP contribution in [-0.2, 0) is 9.53 Å². The minimum Gasteiger partial charge on any atom is -0.481 e. The zero-order valence-corrected chi connectivity index (χ0v) is 13.9. The first-order chi connectivity index (χ1) is 11.9. The lowest BCUT2D eigenvalue weighted by Crippen LogP contribution is -2.56. The Kier molecular flexibility index (Phi) is 3.78. The third-order valence-electron chi connectivity index (χ3n) is 5.41. The number of rotatable bonds is 4. The van der Waals surface area contributed by atoms with E-state index in [-0.39, 0.29) is 24.7 Å². The summed E-state index contributed by atoms with van der Waals surface area (Å²) in [6.07, 6.45) is 0.849. The number of ether oxygens (including phenoxy) is 2. The highest BCUT2D eigenvalue weighted by Crippen LogP contribution is 2.44. The summed E-state index contributed by atoms with van der Waals surface area (Å²) in [7, 11) is 1.53. The van der Waals surface area contributed by atoms with Crippen molar-refractivity contribution in [2.45, 2.75) is 24.8 Å². The van der Waals surface area contributed by atoms with Crippen LogP contribution in [0.4, 0.5) is 14.6 Å². The first-order valence-corrected chi connectivity index (χ1v) is 8.29. The van der Waals surface area contributed by atoms with Crippen LogP contribution in [0.5, 0.6) is 5.88 Å². The van der Waals surface area contributed by atoms with Gasteiger partial charge in [-0.1, -0.05) is 0 Å². The molecule has 3 fully saturated rings. The van der Waals surface area contributed by atoms with Gasteiger partial charge in [-0.3, -0.25) is 4.79 Å². The van der Waals surface area contributed by atoms with Crippen molar-refractivity contribution in [3.8, 4) is 5.88 Å². The Morgan fingerprint density at radius 1 is 1.44 bits per heavy atom. The molecule has 7 nitrogen and oxygen atoms in total. The highest BCUT2D eigenvalue weighted by molar-refractivity contribution is 5.85. The van der Waals surface area contributed by atoms with Crippen LogP contribution in [0.1, 0.15) is 12.8 Å². The molecule has 0 spiro atoms.